The Balaban J connectivity index is 0. The molecule has 1 heteroatoms. The van der Waals surface area contributed by atoms with Crippen LogP contribution in [0.1, 0.15) is 27.7 Å². The van der Waals surface area contributed by atoms with Gasteiger partial charge in [0.15, 0.2) is 0 Å². The van der Waals surface area contributed by atoms with Gasteiger partial charge in [-0.3, -0.25) is 0 Å². The summed E-state index contributed by atoms with van der Waals surface area (Å²) in [6.07, 6.45) is 0. The summed E-state index contributed by atoms with van der Waals surface area (Å²) in [6.45, 7) is 8.72. The van der Waals surface area contributed by atoms with Gasteiger partial charge in [-0.2, -0.15) is 0 Å². The van der Waals surface area contributed by atoms with E-state index in [1.807, 2.05) is 0 Å². The van der Waals surface area contributed by atoms with Crippen LogP contribution in [0.4, 0.5) is 0 Å². The van der Waals surface area contributed by atoms with Crippen LogP contribution >= 0.6 is 0 Å². The summed E-state index contributed by atoms with van der Waals surface area (Å²) in [5, 5.41) is 0. The van der Waals surface area contributed by atoms with Crippen LogP contribution in [0, 0.1) is 11.8 Å². The Labute approximate surface area is 65.8 Å². The molecule has 0 aromatic rings. The Hall–Kier alpha value is 0.883. The first-order valence-electron chi connectivity index (χ1n) is 2.44. The normalized spacial score (nSPS) is 9.43. The Morgan fingerprint density at radius 3 is 1.29 bits per heavy atom. The zero-order chi connectivity index (χ0) is 5.15. The van der Waals surface area contributed by atoms with Crippen LogP contribution in [0.15, 0.2) is 0 Å². The molecule has 0 atom stereocenters. The number of rotatable bonds is 1. The third-order valence-electron chi connectivity index (χ3n) is 1.15. The Morgan fingerprint density at radius 2 is 1.29 bits per heavy atom. The molecule has 41 valence electrons. The molecule has 0 unspecified atom stereocenters. The summed E-state index contributed by atoms with van der Waals surface area (Å²) in [7, 11) is 0. The van der Waals surface area contributed by atoms with Crippen molar-refractivity contribution in [2.45, 2.75) is 27.7 Å². The zero-order valence-corrected chi connectivity index (χ0v) is 8.04. The molecule has 0 nitrogen and oxygen atoms in total. The molecule has 0 aromatic carbocycles. The fourth-order valence-electron chi connectivity index (χ4n) is 0. The van der Waals surface area contributed by atoms with Crippen molar-refractivity contribution in [2.75, 3.05) is 0 Å². The quantitative estimate of drug-likeness (QED) is 0.575. The van der Waals surface area contributed by atoms with Crippen molar-refractivity contribution in [1.29, 1.82) is 0 Å². The van der Waals surface area contributed by atoms with E-state index in [4.69, 9.17) is 0 Å². The third kappa shape index (κ3) is 6.88. The molecule has 1 radical (unpaired) electrons. The van der Waals surface area contributed by atoms with Gasteiger partial charge < -0.3 is 0 Å². The van der Waals surface area contributed by atoms with Crippen LogP contribution < -0.4 is 0 Å². The Kier molecular flexibility index (Phi) is 7.75. The predicted octanol–water partition coefficient (Wildman–Crippen LogP) is 2.25. The predicted molar refractivity (Wildman–Crippen MR) is 29.4 cm³/mol. The molecule has 0 saturated heterocycles. The number of hydrogen-bond acceptors (Lipinski definition) is 0. The fraction of sp³-hybridized carbons (Fsp3) is 0.833. The molecule has 7 heavy (non-hydrogen) atoms. The van der Waals surface area contributed by atoms with E-state index in [-0.39, 0.29) is 26.2 Å². The van der Waals surface area contributed by atoms with E-state index in [1.165, 1.54) is 5.92 Å². The van der Waals surface area contributed by atoms with Crippen molar-refractivity contribution < 1.29 is 26.2 Å². The van der Waals surface area contributed by atoms with E-state index >= 15 is 0 Å². The third-order valence-corrected chi connectivity index (χ3v) is 1.15. The molecule has 0 N–H and O–H groups in total. The van der Waals surface area contributed by atoms with E-state index in [2.05, 4.69) is 27.7 Å². The average molecular weight is 176 g/mol. The molecule has 0 rings (SSSR count). The minimum Gasteiger partial charge on any atom is -0.0622 e. The van der Waals surface area contributed by atoms with E-state index in [9.17, 15) is 0 Å². The van der Waals surface area contributed by atoms with Gasteiger partial charge in [0.05, 0.1) is 0 Å². The van der Waals surface area contributed by atoms with Crippen molar-refractivity contribution in [2.24, 2.45) is 5.92 Å². The second kappa shape index (κ2) is 5.03. The molecule has 0 fully saturated rings. The summed E-state index contributed by atoms with van der Waals surface area (Å²) in [5.41, 5.74) is 0. The van der Waals surface area contributed by atoms with Crippen LogP contribution in [0.2, 0.25) is 0 Å². The van der Waals surface area contributed by atoms with Gasteiger partial charge in [-0.1, -0.05) is 27.7 Å². The molecule has 0 bridgehead atoms. The first-order valence-corrected chi connectivity index (χ1v) is 2.44. The summed E-state index contributed by atoms with van der Waals surface area (Å²) in [5.74, 6) is 2.28. The second-order valence-corrected chi connectivity index (χ2v) is 2.23. The molecule has 0 spiro atoms. The van der Waals surface area contributed by atoms with Crippen LogP contribution in [-0.2, 0) is 26.2 Å². The minimum absolute atomic E-state index is 0. The summed E-state index contributed by atoms with van der Waals surface area (Å²) < 4.78 is 0. The molecular formula is C6H13Zr. The summed E-state index contributed by atoms with van der Waals surface area (Å²) in [4.78, 5) is 0. The first kappa shape index (κ1) is 10.8. The van der Waals surface area contributed by atoms with E-state index in [1.54, 1.807) is 0 Å². The summed E-state index contributed by atoms with van der Waals surface area (Å²) in [6, 6.07) is 0. The topological polar surface area (TPSA) is 0 Å². The number of hydrogen-bond donors (Lipinski definition) is 0. The van der Waals surface area contributed by atoms with Crippen molar-refractivity contribution in [1.82, 2.24) is 0 Å². The van der Waals surface area contributed by atoms with Gasteiger partial charge in [-0.15, -0.1) is 0 Å². The molecule has 0 aliphatic rings. The smallest absolute Gasteiger partial charge is 0 e. The van der Waals surface area contributed by atoms with E-state index in [0.717, 1.165) is 5.92 Å². The zero-order valence-electron chi connectivity index (χ0n) is 5.58. The summed E-state index contributed by atoms with van der Waals surface area (Å²) >= 11 is 0. The van der Waals surface area contributed by atoms with Crippen molar-refractivity contribution >= 4 is 0 Å². The van der Waals surface area contributed by atoms with Crippen molar-refractivity contribution in [3.63, 3.8) is 0 Å². The van der Waals surface area contributed by atoms with Gasteiger partial charge in [-0.05, 0) is 11.8 Å². The van der Waals surface area contributed by atoms with Crippen molar-refractivity contribution in [3.8, 4) is 0 Å². The molecule has 0 aliphatic heterocycles. The van der Waals surface area contributed by atoms with Gasteiger partial charge in [0.2, 0.25) is 0 Å². The molecule has 0 saturated carbocycles. The van der Waals surface area contributed by atoms with Crippen LogP contribution in [0.25, 0.3) is 0 Å². The largest absolute Gasteiger partial charge is 0.0622 e. The van der Waals surface area contributed by atoms with E-state index in [0.29, 0.717) is 0 Å². The SMILES string of the molecule is C[C](C)C(C)C.[Zr]. The fourth-order valence-corrected chi connectivity index (χ4v) is 0. The van der Waals surface area contributed by atoms with Crippen molar-refractivity contribution in [3.05, 3.63) is 5.92 Å². The second-order valence-electron chi connectivity index (χ2n) is 2.23. The van der Waals surface area contributed by atoms with Crippen LogP contribution in [0.3, 0.4) is 0 Å². The van der Waals surface area contributed by atoms with Gasteiger partial charge in [0.25, 0.3) is 0 Å². The molecule has 0 aromatic heterocycles. The van der Waals surface area contributed by atoms with Gasteiger partial charge in [-0.25, -0.2) is 0 Å². The molecule has 0 aliphatic carbocycles. The van der Waals surface area contributed by atoms with Gasteiger partial charge in [0.1, 0.15) is 0 Å². The monoisotopic (exact) mass is 175 g/mol. The van der Waals surface area contributed by atoms with Crippen LogP contribution in [0.5, 0.6) is 0 Å². The van der Waals surface area contributed by atoms with Gasteiger partial charge in [0, 0.05) is 26.2 Å². The standard InChI is InChI=1S/C6H13.Zr/c1-5(2)6(3)4;/h5H,1-4H3;. The maximum Gasteiger partial charge on any atom is 0 e. The van der Waals surface area contributed by atoms with E-state index < -0.39 is 0 Å². The maximum absolute atomic E-state index is 2.20. The average Bonchev–Trinajstić information content (AvgIpc) is 1.36. The first-order chi connectivity index (χ1) is 2.64. The maximum atomic E-state index is 2.20. The minimum atomic E-state index is 0. The molecular weight excluding hydrogens is 163 g/mol. The Morgan fingerprint density at radius 1 is 1.14 bits per heavy atom. The Bertz CT molecular complexity index is 25.2. The van der Waals surface area contributed by atoms with Crippen LogP contribution in [-0.4, -0.2) is 0 Å². The molecule has 0 amide bonds. The van der Waals surface area contributed by atoms with Gasteiger partial charge >= 0.3 is 0 Å². The molecule has 0 heterocycles.